The third-order valence-electron chi connectivity index (χ3n) is 4.12. The first-order valence-corrected chi connectivity index (χ1v) is 7.26. The molecule has 0 atom stereocenters. The van der Waals surface area contributed by atoms with Gasteiger partial charge in [-0.3, -0.25) is 4.79 Å². The van der Waals surface area contributed by atoms with E-state index < -0.39 is 5.91 Å². The SMILES string of the molecule is CC1(Nc2cc(C(N)=O)c3ccccc3n2)CCNCC1. The van der Waals surface area contributed by atoms with Gasteiger partial charge in [0.05, 0.1) is 11.1 Å². The van der Waals surface area contributed by atoms with Crippen molar-refractivity contribution in [2.45, 2.75) is 25.3 Å². The molecule has 5 nitrogen and oxygen atoms in total. The number of carbonyl (C=O) groups excluding carboxylic acids is 1. The Hall–Kier alpha value is -2.14. The smallest absolute Gasteiger partial charge is 0.249 e. The number of carbonyl (C=O) groups is 1. The van der Waals surface area contributed by atoms with Crippen LogP contribution in [0.2, 0.25) is 0 Å². The second kappa shape index (κ2) is 5.33. The van der Waals surface area contributed by atoms with Crippen LogP contribution in [0.4, 0.5) is 5.82 Å². The van der Waals surface area contributed by atoms with Gasteiger partial charge in [-0.25, -0.2) is 4.98 Å². The first-order chi connectivity index (χ1) is 10.1. The molecule has 21 heavy (non-hydrogen) atoms. The highest BCUT2D eigenvalue weighted by molar-refractivity contribution is 6.06. The van der Waals surface area contributed by atoms with Gasteiger partial charge in [-0.15, -0.1) is 0 Å². The number of nitrogens with two attached hydrogens (primary N) is 1. The molecule has 2 aromatic rings. The average Bonchev–Trinajstić information content (AvgIpc) is 2.46. The average molecular weight is 284 g/mol. The normalized spacial score (nSPS) is 17.6. The number of nitrogens with one attached hydrogen (secondary N) is 2. The number of rotatable bonds is 3. The van der Waals surface area contributed by atoms with Gasteiger partial charge < -0.3 is 16.4 Å². The molecular weight excluding hydrogens is 264 g/mol. The molecule has 1 aliphatic rings. The highest BCUT2D eigenvalue weighted by atomic mass is 16.1. The van der Waals surface area contributed by atoms with Crippen LogP contribution in [0.25, 0.3) is 10.9 Å². The minimum atomic E-state index is -0.424. The molecule has 0 radical (unpaired) electrons. The molecule has 5 heteroatoms. The Morgan fingerprint density at radius 1 is 1.33 bits per heavy atom. The first kappa shape index (κ1) is 13.8. The number of amides is 1. The van der Waals surface area contributed by atoms with E-state index in [0.717, 1.165) is 36.8 Å². The van der Waals surface area contributed by atoms with E-state index in [-0.39, 0.29) is 5.54 Å². The van der Waals surface area contributed by atoms with Gasteiger partial charge in [0, 0.05) is 10.9 Å². The number of primary amides is 1. The Labute approximate surface area is 123 Å². The first-order valence-electron chi connectivity index (χ1n) is 7.26. The van der Waals surface area contributed by atoms with Crippen LogP contribution in [0.5, 0.6) is 0 Å². The Bertz CT molecular complexity index is 677. The summed E-state index contributed by atoms with van der Waals surface area (Å²) in [5.74, 6) is 0.291. The number of piperidine rings is 1. The molecule has 0 unspecified atom stereocenters. The number of para-hydroxylation sites is 1. The summed E-state index contributed by atoms with van der Waals surface area (Å²) in [6.45, 7) is 4.16. The number of pyridine rings is 1. The van der Waals surface area contributed by atoms with E-state index in [2.05, 4.69) is 22.5 Å². The third-order valence-corrected chi connectivity index (χ3v) is 4.12. The Kier molecular flexibility index (Phi) is 3.51. The van der Waals surface area contributed by atoms with Crippen LogP contribution >= 0.6 is 0 Å². The molecule has 1 amide bonds. The fourth-order valence-corrected chi connectivity index (χ4v) is 2.86. The predicted octanol–water partition coefficient (Wildman–Crippen LogP) is 1.89. The van der Waals surface area contributed by atoms with Crippen molar-refractivity contribution in [3.05, 3.63) is 35.9 Å². The second-order valence-electron chi connectivity index (χ2n) is 5.87. The lowest BCUT2D eigenvalue weighted by molar-refractivity contribution is 0.100. The second-order valence-corrected chi connectivity index (χ2v) is 5.87. The molecule has 2 heterocycles. The summed E-state index contributed by atoms with van der Waals surface area (Å²) >= 11 is 0. The van der Waals surface area contributed by atoms with E-state index >= 15 is 0 Å². The topological polar surface area (TPSA) is 80.0 Å². The molecule has 3 rings (SSSR count). The number of benzene rings is 1. The molecule has 1 aliphatic heterocycles. The zero-order valence-electron chi connectivity index (χ0n) is 12.1. The monoisotopic (exact) mass is 284 g/mol. The lowest BCUT2D eigenvalue weighted by Gasteiger charge is -2.35. The van der Waals surface area contributed by atoms with Gasteiger partial charge in [-0.1, -0.05) is 18.2 Å². The van der Waals surface area contributed by atoms with E-state index in [0.29, 0.717) is 11.4 Å². The van der Waals surface area contributed by atoms with Crippen LogP contribution in [0.1, 0.15) is 30.1 Å². The van der Waals surface area contributed by atoms with Crippen LogP contribution < -0.4 is 16.4 Å². The van der Waals surface area contributed by atoms with E-state index in [1.807, 2.05) is 24.3 Å². The van der Waals surface area contributed by atoms with Gasteiger partial charge in [0.2, 0.25) is 5.91 Å². The Balaban J connectivity index is 2.01. The number of hydrogen-bond acceptors (Lipinski definition) is 4. The minimum Gasteiger partial charge on any atom is -0.366 e. The minimum absolute atomic E-state index is 0.00434. The number of hydrogen-bond donors (Lipinski definition) is 3. The van der Waals surface area contributed by atoms with Gasteiger partial charge >= 0.3 is 0 Å². The zero-order valence-corrected chi connectivity index (χ0v) is 12.1. The zero-order chi connectivity index (χ0) is 14.9. The van der Waals surface area contributed by atoms with E-state index in [9.17, 15) is 4.79 Å². The maximum absolute atomic E-state index is 11.7. The Morgan fingerprint density at radius 3 is 2.76 bits per heavy atom. The summed E-state index contributed by atoms with van der Waals surface area (Å²) < 4.78 is 0. The molecule has 0 saturated carbocycles. The number of fused-ring (bicyclic) bond motifs is 1. The van der Waals surface area contributed by atoms with Gasteiger partial charge in [0.1, 0.15) is 5.82 Å². The highest BCUT2D eigenvalue weighted by Crippen LogP contribution is 2.26. The molecule has 1 fully saturated rings. The van der Waals surface area contributed by atoms with Crippen LogP contribution in [-0.2, 0) is 0 Å². The molecule has 1 aromatic carbocycles. The summed E-state index contributed by atoms with van der Waals surface area (Å²) in [6.07, 6.45) is 2.04. The van der Waals surface area contributed by atoms with Crippen molar-refractivity contribution in [3.63, 3.8) is 0 Å². The van der Waals surface area contributed by atoms with Crippen molar-refractivity contribution >= 4 is 22.6 Å². The number of aromatic nitrogens is 1. The molecule has 110 valence electrons. The fourth-order valence-electron chi connectivity index (χ4n) is 2.86. The van der Waals surface area contributed by atoms with Crippen LogP contribution in [-0.4, -0.2) is 29.5 Å². The summed E-state index contributed by atoms with van der Waals surface area (Å²) in [4.78, 5) is 16.3. The molecule has 0 spiro atoms. The van der Waals surface area contributed by atoms with Crippen molar-refractivity contribution < 1.29 is 4.79 Å². The summed E-state index contributed by atoms with van der Waals surface area (Å²) in [7, 11) is 0. The van der Waals surface area contributed by atoms with Crippen molar-refractivity contribution in [1.29, 1.82) is 0 Å². The lowest BCUT2D eigenvalue weighted by atomic mass is 9.90. The van der Waals surface area contributed by atoms with Crippen molar-refractivity contribution in [3.8, 4) is 0 Å². The van der Waals surface area contributed by atoms with Crippen LogP contribution in [0.15, 0.2) is 30.3 Å². The molecule has 4 N–H and O–H groups in total. The predicted molar refractivity (Wildman–Crippen MR) is 84.4 cm³/mol. The lowest BCUT2D eigenvalue weighted by Crippen LogP contribution is -2.45. The van der Waals surface area contributed by atoms with Gasteiger partial charge in [0.25, 0.3) is 0 Å². The molecule has 0 bridgehead atoms. The molecule has 1 saturated heterocycles. The van der Waals surface area contributed by atoms with E-state index in [1.54, 1.807) is 6.07 Å². The van der Waals surface area contributed by atoms with Gasteiger partial charge in [-0.05, 0) is 45.0 Å². The molecular formula is C16H20N4O. The maximum Gasteiger partial charge on any atom is 0.249 e. The molecule has 0 aliphatic carbocycles. The highest BCUT2D eigenvalue weighted by Gasteiger charge is 2.27. The summed E-state index contributed by atoms with van der Waals surface area (Å²) in [6, 6.07) is 9.34. The fraction of sp³-hybridized carbons (Fsp3) is 0.375. The quantitative estimate of drug-likeness (QED) is 0.804. The van der Waals surface area contributed by atoms with Crippen LogP contribution in [0, 0.1) is 0 Å². The Morgan fingerprint density at radius 2 is 2.05 bits per heavy atom. The number of nitrogens with zero attached hydrogens (tertiary/aromatic N) is 1. The summed E-state index contributed by atoms with van der Waals surface area (Å²) in [5.41, 5.74) is 6.81. The van der Waals surface area contributed by atoms with E-state index in [4.69, 9.17) is 5.73 Å². The maximum atomic E-state index is 11.7. The summed E-state index contributed by atoms with van der Waals surface area (Å²) in [5, 5.41) is 7.63. The number of anilines is 1. The third kappa shape index (κ3) is 2.83. The van der Waals surface area contributed by atoms with Crippen LogP contribution in [0.3, 0.4) is 0 Å². The largest absolute Gasteiger partial charge is 0.366 e. The standard InChI is InChI=1S/C16H20N4O/c1-16(6-8-18-9-7-16)20-14-10-12(15(17)21)11-4-2-3-5-13(11)19-14/h2-5,10,18H,6-9H2,1H3,(H2,17,21)(H,19,20). The van der Waals surface area contributed by atoms with Crippen molar-refractivity contribution in [2.75, 3.05) is 18.4 Å². The van der Waals surface area contributed by atoms with Crippen molar-refractivity contribution in [2.24, 2.45) is 5.73 Å². The molecule has 1 aromatic heterocycles. The van der Waals surface area contributed by atoms with Gasteiger partial charge in [0.15, 0.2) is 0 Å². The van der Waals surface area contributed by atoms with Crippen molar-refractivity contribution in [1.82, 2.24) is 10.3 Å². The van der Waals surface area contributed by atoms with E-state index in [1.165, 1.54) is 0 Å². The van der Waals surface area contributed by atoms with Gasteiger partial charge in [-0.2, -0.15) is 0 Å².